The Kier molecular flexibility index (Phi) is 5.73. The summed E-state index contributed by atoms with van der Waals surface area (Å²) in [6.07, 6.45) is 5.30. The first-order chi connectivity index (χ1) is 12.5. The zero-order valence-electron chi connectivity index (χ0n) is 14.9. The van der Waals surface area contributed by atoms with Crippen LogP contribution in [0.1, 0.15) is 25.7 Å². The van der Waals surface area contributed by atoms with Gasteiger partial charge in [0.15, 0.2) is 0 Å². The largest absolute Gasteiger partial charge is 0.368 e. The number of aromatic nitrogens is 2. The summed E-state index contributed by atoms with van der Waals surface area (Å²) in [5, 5.41) is 3.49. The number of hydrogen-bond acceptors (Lipinski definition) is 6. The van der Waals surface area contributed by atoms with Gasteiger partial charge in [0.2, 0.25) is 16.0 Å². The number of hydrogen-bond donors (Lipinski definition) is 3. The van der Waals surface area contributed by atoms with Crippen LogP contribution in [0, 0.1) is 5.92 Å². The van der Waals surface area contributed by atoms with Crippen LogP contribution in [0.3, 0.4) is 0 Å². The standard InChI is InChI=1S/C18H25N5O2S/c1-20-26(24,25)12-13-7-9-15(10-8-13)22-17-16(11-21-18(19)23-17)14-5-3-2-4-6-14/h2-6,11,13,15,20H,7-10,12H2,1H3,(H3,19,21,22,23)/t13-,15-. The molecule has 140 valence electrons. The van der Waals surface area contributed by atoms with Crippen molar-refractivity contribution in [3.8, 4) is 11.1 Å². The van der Waals surface area contributed by atoms with Crippen molar-refractivity contribution >= 4 is 21.8 Å². The highest BCUT2D eigenvalue weighted by atomic mass is 32.2. The molecule has 1 aliphatic rings. The molecule has 1 aromatic carbocycles. The van der Waals surface area contributed by atoms with Gasteiger partial charge in [-0.15, -0.1) is 0 Å². The van der Waals surface area contributed by atoms with E-state index >= 15 is 0 Å². The highest BCUT2D eigenvalue weighted by Crippen LogP contribution is 2.31. The van der Waals surface area contributed by atoms with Gasteiger partial charge in [-0.25, -0.2) is 18.1 Å². The number of nitrogens with one attached hydrogen (secondary N) is 2. The van der Waals surface area contributed by atoms with Crippen LogP contribution in [-0.4, -0.2) is 37.2 Å². The van der Waals surface area contributed by atoms with Gasteiger partial charge in [-0.05, 0) is 44.2 Å². The molecule has 0 aliphatic heterocycles. The van der Waals surface area contributed by atoms with E-state index in [0.29, 0.717) is 0 Å². The Balaban J connectivity index is 1.68. The summed E-state index contributed by atoms with van der Waals surface area (Å²) in [5.74, 6) is 1.37. The molecule has 7 nitrogen and oxygen atoms in total. The van der Waals surface area contributed by atoms with Gasteiger partial charge in [-0.1, -0.05) is 30.3 Å². The highest BCUT2D eigenvalue weighted by Gasteiger charge is 2.25. The van der Waals surface area contributed by atoms with Crippen LogP contribution in [-0.2, 0) is 10.0 Å². The van der Waals surface area contributed by atoms with E-state index in [0.717, 1.165) is 42.6 Å². The van der Waals surface area contributed by atoms with Crippen molar-refractivity contribution < 1.29 is 8.42 Å². The van der Waals surface area contributed by atoms with Crippen molar-refractivity contribution in [1.29, 1.82) is 0 Å². The molecule has 0 atom stereocenters. The van der Waals surface area contributed by atoms with Gasteiger partial charge in [0, 0.05) is 17.8 Å². The van der Waals surface area contributed by atoms with E-state index in [1.165, 1.54) is 7.05 Å². The van der Waals surface area contributed by atoms with Gasteiger partial charge in [0.05, 0.1) is 5.75 Å². The van der Waals surface area contributed by atoms with Crippen molar-refractivity contribution in [2.75, 3.05) is 23.9 Å². The summed E-state index contributed by atoms with van der Waals surface area (Å²) in [4.78, 5) is 8.51. The number of sulfonamides is 1. The third-order valence-corrected chi connectivity index (χ3v) is 6.38. The Labute approximate surface area is 154 Å². The van der Waals surface area contributed by atoms with Gasteiger partial charge in [0.1, 0.15) is 5.82 Å². The lowest BCUT2D eigenvalue weighted by molar-refractivity contribution is 0.360. The van der Waals surface area contributed by atoms with Gasteiger partial charge >= 0.3 is 0 Å². The topological polar surface area (TPSA) is 110 Å². The van der Waals surface area contributed by atoms with E-state index in [4.69, 9.17) is 5.73 Å². The summed E-state index contributed by atoms with van der Waals surface area (Å²) in [7, 11) is -1.69. The molecule has 0 unspecified atom stereocenters. The normalized spacial score (nSPS) is 20.7. The predicted molar refractivity (Wildman–Crippen MR) is 104 cm³/mol. The summed E-state index contributed by atoms with van der Waals surface area (Å²) in [6.45, 7) is 0. The fourth-order valence-corrected chi connectivity index (χ4v) is 4.52. The molecule has 0 radical (unpaired) electrons. The first-order valence-electron chi connectivity index (χ1n) is 8.82. The van der Waals surface area contributed by atoms with Crippen LogP contribution >= 0.6 is 0 Å². The average molecular weight is 375 g/mol. The fraction of sp³-hybridized carbons (Fsp3) is 0.444. The van der Waals surface area contributed by atoms with E-state index in [1.54, 1.807) is 6.20 Å². The number of benzene rings is 1. The number of anilines is 2. The average Bonchev–Trinajstić information content (AvgIpc) is 2.64. The molecular formula is C18H25N5O2S. The second kappa shape index (κ2) is 8.01. The molecule has 0 bridgehead atoms. The SMILES string of the molecule is CNS(=O)(=O)C[C@H]1CC[C@H](Nc2nc(N)ncc2-c2ccccc2)CC1. The number of nitrogens with zero attached hydrogens (tertiary/aromatic N) is 2. The summed E-state index contributed by atoms with van der Waals surface area (Å²) < 4.78 is 25.8. The summed E-state index contributed by atoms with van der Waals surface area (Å²) in [5.41, 5.74) is 7.73. The van der Waals surface area contributed by atoms with E-state index in [9.17, 15) is 8.42 Å². The lowest BCUT2D eigenvalue weighted by atomic mass is 9.87. The van der Waals surface area contributed by atoms with E-state index < -0.39 is 10.0 Å². The molecule has 2 aromatic rings. The lowest BCUT2D eigenvalue weighted by Gasteiger charge is -2.29. The van der Waals surface area contributed by atoms with Crippen LogP contribution in [0.5, 0.6) is 0 Å². The zero-order valence-corrected chi connectivity index (χ0v) is 15.7. The monoisotopic (exact) mass is 375 g/mol. The van der Waals surface area contributed by atoms with Gasteiger partial charge < -0.3 is 11.1 Å². The second-order valence-corrected chi connectivity index (χ2v) is 8.68. The molecular weight excluding hydrogens is 350 g/mol. The first-order valence-corrected chi connectivity index (χ1v) is 10.5. The number of nitrogens with two attached hydrogens (primary N) is 1. The maximum atomic E-state index is 11.7. The van der Waals surface area contributed by atoms with E-state index in [1.807, 2.05) is 30.3 Å². The van der Waals surface area contributed by atoms with Gasteiger partial charge in [0.25, 0.3) is 0 Å². The molecule has 4 N–H and O–H groups in total. The minimum absolute atomic E-state index is 0.200. The maximum absolute atomic E-state index is 11.7. The Bertz CT molecular complexity index is 834. The van der Waals surface area contributed by atoms with Crippen LogP contribution < -0.4 is 15.8 Å². The summed E-state index contributed by atoms with van der Waals surface area (Å²) >= 11 is 0. The molecule has 0 spiro atoms. The van der Waals surface area contributed by atoms with Crippen molar-refractivity contribution in [2.45, 2.75) is 31.7 Å². The van der Waals surface area contributed by atoms with Crippen molar-refractivity contribution in [1.82, 2.24) is 14.7 Å². The third kappa shape index (κ3) is 4.70. The second-order valence-electron chi connectivity index (χ2n) is 6.70. The van der Waals surface area contributed by atoms with Crippen LogP contribution in [0.15, 0.2) is 36.5 Å². The van der Waals surface area contributed by atoms with Crippen molar-refractivity contribution in [3.05, 3.63) is 36.5 Å². The Hall–Kier alpha value is -2.19. The third-order valence-electron chi connectivity index (χ3n) is 4.85. The Morgan fingerprint density at radius 2 is 1.85 bits per heavy atom. The maximum Gasteiger partial charge on any atom is 0.221 e. The first kappa shape index (κ1) is 18.6. The molecule has 1 aliphatic carbocycles. The summed E-state index contributed by atoms with van der Waals surface area (Å²) in [6, 6.07) is 10.2. The van der Waals surface area contributed by atoms with Gasteiger partial charge in [-0.2, -0.15) is 4.98 Å². The molecule has 1 saturated carbocycles. The smallest absolute Gasteiger partial charge is 0.221 e. The quantitative estimate of drug-likeness (QED) is 0.714. The molecule has 8 heteroatoms. The van der Waals surface area contributed by atoms with Crippen molar-refractivity contribution in [2.24, 2.45) is 5.92 Å². The minimum atomic E-state index is -3.15. The minimum Gasteiger partial charge on any atom is -0.368 e. The van der Waals surface area contributed by atoms with Crippen LogP contribution in [0.4, 0.5) is 11.8 Å². The molecule has 3 rings (SSSR count). The van der Waals surface area contributed by atoms with Crippen LogP contribution in [0.2, 0.25) is 0 Å². The Morgan fingerprint density at radius 1 is 1.15 bits per heavy atom. The van der Waals surface area contributed by atoms with E-state index in [-0.39, 0.29) is 23.7 Å². The molecule has 1 aromatic heterocycles. The van der Waals surface area contributed by atoms with E-state index in [2.05, 4.69) is 20.0 Å². The highest BCUT2D eigenvalue weighted by molar-refractivity contribution is 7.89. The lowest BCUT2D eigenvalue weighted by Crippen LogP contribution is -2.32. The van der Waals surface area contributed by atoms with Gasteiger partial charge in [-0.3, -0.25) is 0 Å². The van der Waals surface area contributed by atoms with Crippen molar-refractivity contribution in [3.63, 3.8) is 0 Å². The zero-order chi connectivity index (χ0) is 18.6. The number of nitrogen functional groups attached to an aromatic ring is 1. The fourth-order valence-electron chi connectivity index (χ4n) is 3.39. The predicted octanol–water partition coefficient (Wildman–Crippen LogP) is 2.25. The molecule has 0 amide bonds. The Morgan fingerprint density at radius 3 is 2.50 bits per heavy atom. The molecule has 26 heavy (non-hydrogen) atoms. The molecule has 1 heterocycles. The molecule has 0 saturated heterocycles. The van der Waals surface area contributed by atoms with Crippen LogP contribution in [0.25, 0.3) is 11.1 Å². The molecule has 1 fully saturated rings. The number of rotatable bonds is 6.